The molecule has 2 aromatic carbocycles. The van der Waals surface area contributed by atoms with E-state index in [0.29, 0.717) is 0 Å². The van der Waals surface area contributed by atoms with Gasteiger partial charge in [0.15, 0.2) is 0 Å². The summed E-state index contributed by atoms with van der Waals surface area (Å²) in [6.45, 7) is 4.89. The topological polar surface area (TPSA) is 12.4 Å². The number of aliphatic imine (C=N–C) groups is 1. The molecule has 2 rings (SSSR count). The standard InChI is InChI=1S/C17H14F3N/c1-12-8-9-16(15(10-12)13(2)17(18,19)20)21-11-14-6-4-3-5-7-14/h3-11H,2H2,1H3. The Bertz CT molecular complexity index is 670. The van der Waals surface area contributed by atoms with Crippen molar-refractivity contribution >= 4 is 17.5 Å². The minimum absolute atomic E-state index is 0.00896. The molecule has 0 aromatic heterocycles. The number of allylic oxidation sites excluding steroid dienone is 1. The third kappa shape index (κ3) is 3.81. The molecule has 1 nitrogen and oxygen atoms in total. The van der Waals surface area contributed by atoms with E-state index >= 15 is 0 Å². The Hall–Kier alpha value is -2.36. The van der Waals surface area contributed by atoms with Gasteiger partial charge in [0.05, 0.1) is 11.3 Å². The van der Waals surface area contributed by atoms with Crippen LogP contribution in [0.2, 0.25) is 0 Å². The van der Waals surface area contributed by atoms with Gasteiger partial charge in [-0.15, -0.1) is 0 Å². The molecule has 0 bridgehead atoms. The fourth-order valence-corrected chi connectivity index (χ4v) is 1.84. The molecule has 0 unspecified atom stereocenters. The van der Waals surface area contributed by atoms with Crippen molar-refractivity contribution in [2.45, 2.75) is 13.1 Å². The molecular formula is C17H14F3N. The average molecular weight is 289 g/mol. The maximum Gasteiger partial charge on any atom is 0.416 e. The van der Waals surface area contributed by atoms with Crippen LogP contribution in [-0.2, 0) is 0 Å². The maximum absolute atomic E-state index is 12.9. The molecule has 0 aliphatic carbocycles. The van der Waals surface area contributed by atoms with Crippen molar-refractivity contribution in [2.75, 3.05) is 0 Å². The summed E-state index contributed by atoms with van der Waals surface area (Å²) < 4.78 is 38.6. The molecular weight excluding hydrogens is 275 g/mol. The first-order chi connectivity index (χ1) is 9.88. The van der Waals surface area contributed by atoms with Crippen molar-refractivity contribution in [1.29, 1.82) is 0 Å². The number of hydrogen-bond acceptors (Lipinski definition) is 1. The summed E-state index contributed by atoms with van der Waals surface area (Å²) >= 11 is 0. The highest BCUT2D eigenvalue weighted by atomic mass is 19.4. The van der Waals surface area contributed by atoms with Crippen molar-refractivity contribution in [3.8, 4) is 0 Å². The molecule has 0 aliphatic heterocycles. The van der Waals surface area contributed by atoms with Crippen molar-refractivity contribution < 1.29 is 13.2 Å². The Morgan fingerprint density at radius 3 is 2.38 bits per heavy atom. The monoisotopic (exact) mass is 289 g/mol. The van der Waals surface area contributed by atoms with Gasteiger partial charge in [0.2, 0.25) is 0 Å². The van der Waals surface area contributed by atoms with Gasteiger partial charge in [-0.1, -0.05) is 48.5 Å². The molecule has 108 valence electrons. The predicted molar refractivity (Wildman–Crippen MR) is 80.0 cm³/mol. The molecule has 0 radical (unpaired) electrons. The molecule has 4 heteroatoms. The maximum atomic E-state index is 12.9. The Balaban J connectivity index is 2.40. The van der Waals surface area contributed by atoms with E-state index in [1.807, 2.05) is 30.3 Å². The largest absolute Gasteiger partial charge is 0.416 e. The van der Waals surface area contributed by atoms with Gasteiger partial charge in [-0.25, -0.2) is 0 Å². The summed E-state index contributed by atoms with van der Waals surface area (Å²) in [5.74, 6) is 0. The van der Waals surface area contributed by atoms with E-state index in [-0.39, 0.29) is 11.3 Å². The van der Waals surface area contributed by atoms with Crippen LogP contribution in [-0.4, -0.2) is 12.4 Å². The summed E-state index contributed by atoms with van der Waals surface area (Å²) in [6.07, 6.45) is -2.93. The summed E-state index contributed by atoms with van der Waals surface area (Å²) in [5, 5.41) is 0. The SMILES string of the molecule is C=C(c1cc(C)ccc1N=Cc1ccccc1)C(F)(F)F. The molecule has 0 atom stereocenters. The van der Waals surface area contributed by atoms with E-state index in [0.717, 1.165) is 11.1 Å². The third-order valence-electron chi connectivity index (χ3n) is 2.97. The van der Waals surface area contributed by atoms with Gasteiger partial charge in [-0.3, -0.25) is 4.99 Å². The van der Waals surface area contributed by atoms with Crippen LogP contribution < -0.4 is 0 Å². The van der Waals surface area contributed by atoms with Crippen molar-refractivity contribution in [3.05, 3.63) is 71.8 Å². The molecule has 0 saturated heterocycles. The molecule has 0 fully saturated rings. The fraction of sp³-hybridized carbons (Fsp3) is 0.118. The first kappa shape index (κ1) is 15.0. The van der Waals surface area contributed by atoms with Gasteiger partial charge in [0, 0.05) is 11.8 Å². The van der Waals surface area contributed by atoms with Crippen LogP contribution in [0, 0.1) is 6.92 Å². The third-order valence-corrected chi connectivity index (χ3v) is 2.97. The first-order valence-corrected chi connectivity index (χ1v) is 6.34. The summed E-state index contributed by atoms with van der Waals surface area (Å²) in [7, 11) is 0. The summed E-state index contributed by atoms with van der Waals surface area (Å²) in [5.41, 5.74) is 0.934. The number of nitrogens with zero attached hydrogens (tertiary/aromatic N) is 1. The number of aryl methyl sites for hydroxylation is 1. The molecule has 2 aromatic rings. The normalized spacial score (nSPS) is 11.8. The van der Waals surface area contributed by atoms with Crippen molar-refractivity contribution in [2.24, 2.45) is 4.99 Å². The van der Waals surface area contributed by atoms with Crippen LogP contribution in [0.1, 0.15) is 16.7 Å². The first-order valence-electron chi connectivity index (χ1n) is 6.34. The lowest BCUT2D eigenvalue weighted by molar-refractivity contribution is -0.0686. The zero-order chi connectivity index (χ0) is 15.5. The van der Waals surface area contributed by atoms with Gasteiger partial charge in [0.25, 0.3) is 0 Å². The highest BCUT2D eigenvalue weighted by Gasteiger charge is 2.34. The number of rotatable bonds is 3. The Morgan fingerprint density at radius 1 is 1.10 bits per heavy atom. The smallest absolute Gasteiger partial charge is 0.256 e. The second-order valence-electron chi connectivity index (χ2n) is 4.67. The second-order valence-corrected chi connectivity index (χ2v) is 4.67. The highest BCUT2D eigenvalue weighted by Crippen LogP contribution is 2.37. The average Bonchev–Trinajstić information content (AvgIpc) is 2.45. The van der Waals surface area contributed by atoms with Gasteiger partial charge in [-0.05, 0) is 24.6 Å². The Labute approximate surface area is 121 Å². The van der Waals surface area contributed by atoms with Crippen LogP contribution in [0.4, 0.5) is 18.9 Å². The minimum atomic E-state index is -4.47. The molecule has 0 aliphatic rings. The zero-order valence-corrected chi connectivity index (χ0v) is 11.5. The number of halogens is 3. The zero-order valence-electron chi connectivity index (χ0n) is 11.5. The van der Waals surface area contributed by atoms with E-state index in [1.54, 1.807) is 19.1 Å². The molecule has 0 heterocycles. The van der Waals surface area contributed by atoms with Crippen LogP contribution in [0.15, 0.2) is 60.1 Å². The number of benzene rings is 2. The van der Waals surface area contributed by atoms with Gasteiger partial charge >= 0.3 is 6.18 Å². The quantitative estimate of drug-likeness (QED) is 0.678. The van der Waals surface area contributed by atoms with Crippen LogP contribution >= 0.6 is 0 Å². The lowest BCUT2D eigenvalue weighted by Crippen LogP contribution is -2.09. The van der Waals surface area contributed by atoms with Crippen LogP contribution in [0.25, 0.3) is 5.57 Å². The van der Waals surface area contributed by atoms with Crippen molar-refractivity contribution in [3.63, 3.8) is 0 Å². The number of alkyl halides is 3. The fourth-order valence-electron chi connectivity index (χ4n) is 1.84. The van der Waals surface area contributed by atoms with E-state index in [2.05, 4.69) is 11.6 Å². The van der Waals surface area contributed by atoms with E-state index in [9.17, 15) is 13.2 Å². The molecule has 0 N–H and O–H groups in total. The molecule has 21 heavy (non-hydrogen) atoms. The number of hydrogen-bond donors (Lipinski definition) is 0. The Morgan fingerprint density at radius 2 is 1.76 bits per heavy atom. The second kappa shape index (κ2) is 5.95. The van der Waals surface area contributed by atoms with E-state index in [1.165, 1.54) is 12.3 Å². The van der Waals surface area contributed by atoms with Gasteiger partial charge < -0.3 is 0 Å². The predicted octanol–water partition coefficient (Wildman–Crippen LogP) is 5.32. The van der Waals surface area contributed by atoms with E-state index in [4.69, 9.17) is 0 Å². The van der Waals surface area contributed by atoms with Gasteiger partial charge in [0.1, 0.15) is 0 Å². The van der Waals surface area contributed by atoms with Gasteiger partial charge in [-0.2, -0.15) is 13.2 Å². The van der Waals surface area contributed by atoms with Crippen LogP contribution in [0.5, 0.6) is 0 Å². The van der Waals surface area contributed by atoms with Crippen LogP contribution in [0.3, 0.4) is 0 Å². The highest BCUT2D eigenvalue weighted by molar-refractivity contribution is 5.85. The molecule has 0 spiro atoms. The Kier molecular flexibility index (Phi) is 4.26. The van der Waals surface area contributed by atoms with Crippen molar-refractivity contribution in [1.82, 2.24) is 0 Å². The minimum Gasteiger partial charge on any atom is -0.256 e. The summed E-state index contributed by atoms with van der Waals surface area (Å²) in [4.78, 5) is 4.17. The lowest BCUT2D eigenvalue weighted by Gasteiger charge is -2.13. The lowest BCUT2D eigenvalue weighted by atomic mass is 10.0. The molecule has 0 amide bonds. The summed E-state index contributed by atoms with van der Waals surface area (Å²) in [6, 6.07) is 13.9. The molecule has 0 saturated carbocycles. The van der Waals surface area contributed by atoms with E-state index < -0.39 is 11.7 Å².